The van der Waals surface area contributed by atoms with Crippen molar-refractivity contribution in [1.82, 2.24) is 5.32 Å². The Balaban J connectivity index is 2.26. The zero-order valence-corrected chi connectivity index (χ0v) is 11.2. The van der Waals surface area contributed by atoms with Crippen molar-refractivity contribution in [2.24, 2.45) is 5.92 Å². The topological polar surface area (TPSA) is 21.3 Å². The summed E-state index contributed by atoms with van der Waals surface area (Å²) in [4.78, 5) is 0. The highest BCUT2D eigenvalue weighted by Gasteiger charge is 2.45. The lowest BCUT2D eigenvalue weighted by molar-refractivity contribution is -0.188. The molecule has 0 heterocycles. The third-order valence-corrected chi connectivity index (χ3v) is 3.37. The quantitative estimate of drug-likeness (QED) is 0.744. The monoisotopic (exact) mass is 267 g/mol. The first-order valence-electron chi connectivity index (χ1n) is 6.83. The summed E-state index contributed by atoms with van der Waals surface area (Å²) in [5, 5.41) is 3.05. The molecule has 0 aromatic carbocycles. The van der Waals surface area contributed by atoms with Crippen LogP contribution in [0.25, 0.3) is 0 Å². The van der Waals surface area contributed by atoms with Crippen LogP contribution in [0.15, 0.2) is 0 Å². The molecule has 108 valence electrons. The highest BCUT2D eigenvalue weighted by molar-refractivity contribution is 4.85. The average Bonchev–Trinajstić information content (AvgIpc) is 2.27. The van der Waals surface area contributed by atoms with E-state index in [1.165, 1.54) is 0 Å². The maximum atomic E-state index is 12.8. The minimum atomic E-state index is -4.06. The molecule has 1 aliphatic carbocycles. The van der Waals surface area contributed by atoms with Gasteiger partial charge in [-0.15, -0.1) is 0 Å². The van der Waals surface area contributed by atoms with Crippen LogP contribution in [0.2, 0.25) is 0 Å². The molecule has 0 amide bonds. The van der Waals surface area contributed by atoms with Crippen molar-refractivity contribution in [2.75, 3.05) is 13.2 Å². The third kappa shape index (κ3) is 5.57. The second kappa shape index (κ2) is 7.34. The number of nitrogens with one attached hydrogen (secondary N) is 1. The van der Waals surface area contributed by atoms with E-state index in [2.05, 4.69) is 5.32 Å². The van der Waals surface area contributed by atoms with Gasteiger partial charge in [0.15, 0.2) is 0 Å². The molecule has 2 atom stereocenters. The Labute approximate surface area is 107 Å². The smallest absolute Gasteiger partial charge is 0.379 e. The Morgan fingerprint density at radius 2 is 1.89 bits per heavy atom. The SMILES string of the molecule is CC(C)OCCCNC1CCCCC1C(F)(F)F. The van der Waals surface area contributed by atoms with Gasteiger partial charge in [0.1, 0.15) is 0 Å². The first kappa shape index (κ1) is 15.8. The summed E-state index contributed by atoms with van der Waals surface area (Å²) in [5.41, 5.74) is 0. The molecule has 1 rings (SSSR count). The molecule has 2 nitrogen and oxygen atoms in total. The van der Waals surface area contributed by atoms with Crippen LogP contribution in [0.4, 0.5) is 13.2 Å². The number of hydrogen-bond acceptors (Lipinski definition) is 2. The fourth-order valence-electron chi connectivity index (χ4n) is 2.45. The van der Waals surface area contributed by atoms with Gasteiger partial charge in [-0.2, -0.15) is 13.2 Å². The standard InChI is InChI=1S/C13H24F3NO/c1-10(2)18-9-5-8-17-12-7-4-3-6-11(12)13(14,15)16/h10-12,17H,3-9H2,1-2H3. The van der Waals surface area contributed by atoms with Gasteiger partial charge in [-0.1, -0.05) is 12.8 Å². The Morgan fingerprint density at radius 3 is 2.50 bits per heavy atom. The summed E-state index contributed by atoms with van der Waals surface area (Å²) in [6, 6.07) is -0.405. The molecule has 0 aromatic heterocycles. The lowest BCUT2D eigenvalue weighted by atomic mass is 9.84. The van der Waals surface area contributed by atoms with E-state index in [9.17, 15) is 13.2 Å². The maximum absolute atomic E-state index is 12.8. The van der Waals surface area contributed by atoms with E-state index in [1.54, 1.807) is 0 Å². The summed E-state index contributed by atoms with van der Waals surface area (Å²) in [6.45, 7) is 5.11. The largest absolute Gasteiger partial charge is 0.393 e. The van der Waals surface area contributed by atoms with Crippen LogP contribution in [0.1, 0.15) is 46.0 Å². The summed E-state index contributed by atoms with van der Waals surface area (Å²) in [5.74, 6) is -1.17. The molecule has 18 heavy (non-hydrogen) atoms. The molecule has 5 heteroatoms. The van der Waals surface area contributed by atoms with Crippen molar-refractivity contribution in [3.63, 3.8) is 0 Å². The molecular formula is C13H24F3NO. The minimum absolute atomic E-state index is 0.183. The Hall–Kier alpha value is -0.290. The molecular weight excluding hydrogens is 243 g/mol. The molecule has 0 aromatic rings. The van der Waals surface area contributed by atoms with Crippen LogP contribution in [0, 0.1) is 5.92 Å². The van der Waals surface area contributed by atoms with Gasteiger partial charge in [0.05, 0.1) is 12.0 Å². The predicted molar refractivity (Wildman–Crippen MR) is 65.5 cm³/mol. The van der Waals surface area contributed by atoms with Gasteiger partial charge in [-0.25, -0.2) is 0 Å². The molecule has 1 fully saturated rings. The molecule has 0 bridgehead atoms. The van der Waals surface area contributed by atoms with E-state index >= 15 is 0 Å². The summed E-state index contributed by atoms with van der Waals surface area (Å²) < 4.78 is 43.8. The van der Waals surface area contributed by atoms with Gasteiger partial charge in [0.25, 0.3) is 0 Å². The summed E-state index contributed by atoms with van der Waals surface area (Å²) in [7, 11) is 0. The number of alkyl halides is 3. The molecule has 1 saturated carbocycles. The second-order valence-electron chi connectivity index (χ2n) is 5.27. The van der Waals surface area contributed by atoms with E-state index in [-0.39, 0.29) is 12.5 Å². The Bertz CT molecular complexity index is 231. The van der Waals surface area contributed by atoms with E-state index in [0.29, 0.717) is 26.0 Å². The van der Waals surface area contributed by atoms with Crippen molar-refractivity contribution in [3.8, 4) is 0 Å². The molecule has 1 aliphatic rings. The van der Waals surface area contributed by atoms with Gasteiger partial charge >= 0.3 is 6.18 Å². The van der Waals surface area contributed by atoms with Crippen LogP contribution in [-0.2, 0) is 4.74 Å². The van der Waals surface area contributed by atoms with Gasteiger partial charge in [0, 0.05) is 12.6 Å². The van der Waals surface area contributed by atoms with E-state index < -0.39 is 18.1 Å². The van der Waals surface area contributed by atoms with Gasteiger partial charge in [-0.05, 0) is 39.7 Å². The molecule has 0 radical (unpaired) electrons. The Morgan fingerprint density at radius 1 is 1.22 bits per heavy atom. The fraction of sp³-hybridized carbons (Fsp3) is 1.00. The fourth-order valence-corrected chi connectivity index (χ4v) is 2.45. The normalized spacial score (nSPS) is 25.7. The molecule has 2 unspecified atom stereocenters. The van der Waals surface area contributed by atoms with Crippen molar-refractivity contribution < 1.29 is 17.9 Å². The first-order valence-corrected chi connectivity index (χ1v) is 6.83. The first-order chi connectivity index (χ1) is 8.41. The molecule has 0 saturated heterocycles. The van der Waals surface area contributed by atoms with Crippen LogP contribution in [0.5, 0.6) is 0 Å². The highest BCUT2D eigenvalue weighted by Crippen LogP contribution is 2.37. The lowest BCUT2D eigenvalue weighted by Gasteiger charge is -2.33. The van der Waals surface area contributed by atoms with Crippen LogP contribution in [-0.4, -0.2) is 31.5 Å². The molecule has 0 spiro atoms. The molecule has 0 aliphatic heterocycles. The summed E-state index contributed by atoms with van der Waals surface area (Å²) >= 11 is 0. The van der Waals surface area contributed by atoms with Crippen molar-refractivity contribution in [3.05, 3.63) is 0 Å². The van der Waals surface area contributed by atoms with Crippen LogP contribution < -0.4 is 5.32 Å². The van der Waals surface area contributed by atoms with Crippen molar-refractivity contribution >= 4 is 0 Å². The number of rotatable bonds is 6. The zero-order valence-electron chi connectivity index (χ0n) is 11.2. The highest BCUT2D eigenvalue weighted by atomic mass is 19.4. The predicted octanol–water partition coefficient (Wildman–Crippen LogP) is 3.51. The lowest BCUT2D eigenvalue weighted by Crippen LogP contribution is -2.45. The zero-order chi connectivity index (χ0) is 13.6. The van der Waals surface area contributed by atoms with Crippen molar-refractivity contribution in [1.29, 1.82) is 0 Å². The summed E-state index contributed by atoms with van der Waals surface area (Å²) in [6.07, 6.45) is -0.626. The molecule has 1 N–H and O–H groups in total. The van der Waals surface area contributed by atoms with Gasteiger partial charge in [-0.3, -0.25) is 0 Å². The third-order valence-electron chi connectivity index (χ3n) is 3.37. The van der Waals surface area contributed by atoms with E-state index in [4.69, 9.17) is 4.74 Å². The van der Waals surface area contributed by atoms with Gasteiger partial charge < -0.3 is 10.1 Å². The maximum Gasteiger partial charge on any atom is 0.393 e. The van der Waals surface area contributed by atoms with Crippen LogP contribution >= 0.6 is 0 Å². The van der Waals surface area contributed by atoms with E-state index in [1.807, 2.05) is 13.8 Å². The second-order valence-corrected chi connectivity index (χ2v) is 5.27. The number of hydrogen-bond donors (Lipinski definition) is 1. The number of ether oxygens (including phenoxy) is 1. The number of halogens is 3. The van der Waals surface area contributed by atoms with E-state index in [0.717, 1.165) is 12.8 Å². The van der Waals surface area contributed by atoms with Crippen molar-refractivity contribution in [2.45, 2.75) is 64.3 Å². The Kier molecular flexibility index (Phi) is 6.43. The average molecular weight is 267 g/mol. The van der Waals surface area contributed by atoms with Crippen LogP contribution in [0.3, 0.4) is 0 Å². The van der Waals surface area contributed by atoms with Gasteiger partial charge in [0.2, 0.25) is 0 Å². The minimum Gasteiger partial charge on any atom is -0.379 e.